The molecule has 1 amide bonds. The van der Waals surface area contributed by atoms with Gasteiger partial charge in [-0.3, -0.25) is 4.79 Å². The second-order valence-electron chi connectivity index (χ2n) is 11.6. The molecule has 2 bridgehead atoms. The molecular formula is C25H39BN2O3. The molecule has 0 aromatic heterocycles. The van der Waals surface area contributed by atoms with Gasteiger partial charge in [-0.25, -0.2) is 0 Å². The standard InChI is InChI=1S/C25H39BN2O3/c1-16(2)12-21(28-22(29)24(5,27)15-17-10-8-7-9-11-17)26-30-20-14-18-13-19(23(18,3)4)25(20,6)31-26/h7-11,16,18-21H,12-15,27H2,1-6H3,(H,28,29)/t18-,19-,20+,21-,24-,25-/m0/s1. The van der Waals surface area contributed by atoms with Gasteiger partial charge in [-0.15, -0.1) is 0 Å². The molecule has 1 saturated heterocycles. The lowest BCUT2D eigenvalue weighted by molar-refractivity contribution is -0.199. The van der Waals surface area contributed by atoms with Gasteiger partial charge in [-0.2, -0.15) is 0 Å². The van der Waals surface area contributed by atoms with Crippen LogP contribution in [0.5, 0.6) is 0 Å². The van der Waals surface area contributed by atoms with Crippen molar-refractivity contribution in [3.05, 3.63) is 35.9 Å². The fraction of sp³-hybridized carbons (Fsp3) is 0.720. The summed E-state index contributed by atoms with van der Waals surface area (Å²) in [6, 6.07) is 9.93. The van der Waals surface area contributed by atoms with Crippen LogP contribution in [0.2, 0.25) is 0 Å². The molecule has 170 valence electrons. The quantitative estimate of drug-likeness (QED) is 0.652. The van der Waals surface area contributed by atoms with E-state index in [4.69, 9.17) is 15.0 Å². The van der Waals surface area contributed by atoms with Crippen LogP contribution in [0.25, 0.3) is 0 Å². The van der Waals surface area contributed by atoms with E-state index in [0.29, 0.717) is 29.6 Å². The van der Waals surface area contributed by atoms with E-state index in [2.05, 4.69) is 39.9 Å². The van der Waals surface area contributed by atoms with Crippen LogP contribution >= 0.6 is 0 Å². The number of nitrogens with one attached hydrogen (secondary N) is 1. The van der Waals surface area contributed by atoms with Gasteiger partial charge in [0.2, 0.25) is 5.91 Å². The highest BCUT2D eigenvalue weighted by Crippen LogP contribution is 2.65. The minimum atomic E-state index is -1.00. The Morgan fingerprint density at radius 2 is 1.94 bits per heavy atom. The Labute approximate surface area is 188 Å². The van der Waals surface area contributed by atoms with Gasteiger partial charge in [-0.05, 0) is 68.3 Å². The molecule has 6 atom stereocenters. The van der Waals surface area contributed by atoms with Crippen LogP contribution in [0.1, 0.15) is 66.4 Å². The molecule has 4 fully saturated rings. The summed E-state index contributed by atoms with van der Waals surface area (Å²) in [6.45, 7) is 13.1. The second kappa shape index (κ2) is 7.89. The normalized spacial score (nSPS) is 33.9. The zero-order valence-electron chi connectivity index (χ0n) is 20.0. The van der Waals surface area contributed by atoms with Gasteiger partial charge in [0.15, 0.2) is 0 Å². The maximum Gasteiger partial charge on any atom is 0.481 e. The number of hydrogen-bond donors (Lipinski definition) is 2. The maximum absolute atomic E-state index is 13.2. The Morgan fingerprint density at radius 1 is 1.26 bits per heavy atom. The zero-order chi connectivity index (χ0) is 22.6. The molecule has 3 N–H and O–H groups in total. The van der Waals surface area contributed by atoms with E-state index in [1.54, 1.807) is 6.92 Å². The molecule has 31 heavy (non-hydrogen) atoms. The molecule has 6 heteroatoms. The van der Waals surface area contributed by atoms with E-state index in [0.717, 1.165) is 18.4 Å². The van der Waals surface area contributed by atoms with E-state index in [-0.39, 0.29) is 23.6 Å². The van der Waals surface area contributed by atoms with Gasteiger partial charge < -0.3 is 20.4 Å². The average molecular weight is 426 g/mol. The first kappa shape index (κ1) is 22.8. The summed E-state index contributed by atoms with van der Waals surface area (Å²) >= 11 is 0. The second-order valence-corrected chi connectivity index (χ2v) is 11.6. The van der Waals surface area contributed by atoms with Crippen LogP contribution < -0.4 is 11.1 Å². The van der Waals surface area contributed by atoms with E-state index in [9.17, 15) is 4.79 Å². The van der Waals surface area contributed by atoms with Crippen molar-refractivity contribution in [1.29, 1.82) is 0 Å². The number of benzene rings is 1. The summed E-state index contributed by atoms with van der Waals surface area (Å²) in [5.74, 6) is 1.24. The summed E-state index contributed by atoms with van der Waals surface area (Å²) in [5.41, 5.74) is 6.55. The summed E-state index contributed by atoms with van der Waals surface area (Å²) in [5, 5.41) is 3.21. The lowest BCUT2D eigenvalue weighted by atomic mass is 9.43. The third kappa shape index (κ3) is 4.07. The molecule has 4 aliphatic rings. The van der Waals surface area contributed by atoms with E-state index in [1.165, 1.54) is 6.42 Å². The van der Waals surface area contributed by atoms with E-state index in [1.807, 2.05) is 30.3 Å². The third-order valence-corrected chi connectivity index (χ3v) is 8.27. The highest BCUT2D eigenvalue weighted by molar-refractivity contribution is 6.48. The van der Waals surface area contributed by atoms with Crippen molar-refractivity contribution in [2.24, 2.45) is 28.9 Å². The topological polar surface area (TPSA) is 73.6 Å². The predicted molar refractivity (Wildman–Crippen MR) is 124 cm³/mol. The van der Waals surface area contributed by atoms with Crippen LogP contribution in [-0.4, -0.2) is 36.2 Å². The summed E-state index contributed by atoms with van der Waals surface area (Å²) in [4.78, 5) is 13.2. The van der Waals surface area contributed by atoms with E-state index >= 15 is 0 Å². The number of carbonyl (C=O) groups excluding carboxylic acids is 1. The first-order chi connectivity index (χ1) is 14.4. The summed E-state index contributed by atoms with van der Waals surface area (Å²) in [7, 11) is -0.427. The van der Waals surface area contributed by atoms with Gasteiger partial charge in [0.1, 0.15) is 0 Å². The molecule has 0 unspecified atom stereocenters. The smallest absolute Gasteiger partial charge is 0.404 e. The zero-order valence-corrected chi connectivity index (χ0v) is 20.0. The molecule has 3 saturated carbocycles. The SMILES string of the molecule is CC(C)C[C@H](NC(=O)[C@@](C)(N)Cc1ccccc1)B1O[C@@H]2C[C@@H]3C[C@@H](C3(C)C)[C@]2(C)O1. The van der Waals surface area contributed by atoms with Crippen molar-refractivity contribution in [2.75, 3.05) is 0 Å². The Morgan fingerprint density at radius 3 is 2.55 bits per heavy atom. The van der Waals surface area contributed by atoms with Gasteiger partial charge in [0.05, 0.1) is 23.2 Å². The van der Waals surface area contributed by atoms with Gasteiger partial charge >= 0.3 is 7.12 Å². The highest BCUT2D eigenvalue weighted by Gasteiger charge is 2.68. The molecule has 1 heterocycles. The first-order valence-electron chi connectivity index (χ1n) is 11.9. The lowest BCUT2D eigenvalue weighted by Gasteiger charge is -2.64. The number of amides is 1. The van der Waals surface area contributed by atoms with Gasteiger partial charge in [-0.1, -0.05) is 58.0 Å². The molecule has 5 nitrogen and oxygen atoms in total. The summed E-state index contributed by atoms with van der Waals surface area (Å²) < 4.78 is 13.1. The van der Waals surface area contributed by atoms with E-state index < -0.39 is 12.7 Å². The number of carbonyl (C=O) groups is 1. The molecule has 1 aromatic rings. The molecule has 1 aliphatic heterocycles. The van der Waals surface area contributed by atoms with Crippen LogP contribution in [0, 0.1) is 23.2 Å². The molecule has 0 spiro atoms. The fourth-order valence-corrected chi connectivity index (χ4v) is 6.25. The van der Waals surface area contributed by atoms with Crippen LogP contribution in [0.4, 0.5) is 0 Å². The van der Waals surface area contributed by atoms with Crippen molar-refractivity contribution in [2.45, 2.75) is 90.4 Å². The minimum Gasteiger partial charge on any atom is -0.404 e. The molecule has 0 radical (unpaired) electrons. The van der Waals surface area contributed by atoms with Crippen molar-refractivity contribution in [1.82, 2.24) is 5.32 Å². The first-order valence-corrected chi connectivity index (χ1v) is 11.9. The predicted octanol–water partition coefficient (Wildman–Crippen LogP) is 3.74. The number of hydrogen-bond acceptors (Lipinski definition) is 4. The van der Waals surface area contributed by atoms with Crippen molar-refractivity contribution in [3.8, 4) is 0 Å². The molecule has 5 rings (SSSR count). The van der Waals surface area contributed by atoms with Crippen molar-refractivity contribution in [3.63, 3.8) is 0 Å². The van der Waals surface area contributed by atoms with Crippen LogP contribution in [-0.2, 0) is 20.5 Å². The molecule has 3 aliphatic carbocycles. The lowest BCUT2D eigenvalue weighted by Crippen LogP contribution is -2.65. The largest absolute Gasteiger partial charge is 0.481 e. The van der Waals surface area contributed by atoms with Crippen LogP contribution in [0.3, 0.4) is 0 Å². The van der Waals surface area contributed by atoms with Crippen molar-refractivity contribution < 1.29 is 14.1 Å². The fourth-order valence-electron chi connectivity index (χ4n) is 6.25. The summed E-state index contributed by atoms with van der Waals surface area (Å²) in [6.07, 6.45) is 3.64. The third-order valence-electron chi connectivity index (χ3n) is 8.27. The monoisotopic (exact) mass is 426 g/mol. The minimum absolute atomic E-state index is 0.106. The Hall–Kier alpha value is -1.37. The number of rotatable bonds is 7. The Kier molecular flexibility index (Phi) is 5.81. The number of nitrogens with two attached hydrogens (primary N) is 1. The van der Waals surface area contributed by atoms with Crippen molar-refractivity contribution >= 4 is 13.0 Å². The van der Waals surface area contributed by atoms with Gasteiger partial charge in [0, 0.05) is 0 Å². The Bertz CT molecular complexity index is 812. The molecule has 1 aromatic carbocycles. The maximum atomic E-state index is 13.2. The molecular weight excluding hydrogens is 387 g/mol. The Balaban J connectivity index is 1.47. The van der Waals surface area contributed by atoms with Gasteiger partial charge in [0.25, 0.3) is 0 Å². The van der Waals surface area contributed by atoms with Crippen LogP contribution in [0.15, 0.2) is 30.3 Å². The average Bonchev–Trinajstić information content (AvgIpc) is 3.04. The highest BCUT2D eigenvalue weighted by atomic mass is 16.7.